The van der Waals surface area contributed by atoms with Crippen molar-refractivity contribution in [2.24, 2.45) is 0 Å². The molecular formula is C18H12F4N4OS. The van der Waals surface area contributed by atoms with Crippen LogP contribution < -0.4 is 5.56 Å². The monoisotopic (exact) mass is 408 g/mol. The third-order valence-electron chi connectivity index (χ3n) is 4.22. The van der Waals surface area contributed by atoms with E-state index >= 15 is 0 Å². The van der Waals surface area contributed by atoms with Crippen molar-refractivity contribution in [3.05, 3.63) is 74.5 Å². The van der Waals surface area contributed by atoms with Crippen molar-refractivity contribution in [3.8, 4) is 11.5 Å². The first-order valence-electron chi connectivity index (χ1n) is 8.12. The number of aryl methyl sites for hydroxylation is 1. The van der Waals surface area contributed by atoms with Crippen LogP contribution in [0, 0.1) is 12.7 Å². The Balaban J connectivity index is 1.80. The number of H-pyrrole nitrogens is 1. The first-order valence-corrected chi connectivity index (χ1v) is 8.94. The minimum Gasteiger partial charge on any atom is -0.343 e. The molecule has 0 amide bonds. The molecule has 0 unspecified atom stereocenters. The summed E-state index contributed by atoms with van der Waals surface area (Å²) in [5.41, 5.74) is -1.17. The molecule has 0 radical (unpaired) electrons. The summed E-state index contributed by atoms with van der Waals surface area (Å²) in [5.74, 6) is -0.847. The molecule has 3 heterocycles. The summed E-state index contributed by atoms with van der Waals surface area (Å²) in [5, 5.41) is 0. The molecule has 28 heavy (non-hydrogen) atoms. The lowest BCUT2D eigenvalue weighted by Crippen LogP contribution is -2.16. The molecule has 0 saturated heterocycles. The molecular weight excluding hydrogens is 396 g/mol. The van der Waals surface area contributed by atoms with Crippen molar-refractivity contribution in [2.75, 3.05) is 0 Å². The number of imidazole rings is 1. The average Bonchev–Trinajstić information content (AvgIpc) is 3.22. The number of thiazole rings is 1. The maximum absolute atomic E-state index is 14.3. The molecule has 0 saturated carbocycles. The molecule has 1 N–H and O–H groups in total. The second-order valence-electron chi connectivity index (χ2n) is 6.10. The number of rotatable bonds is 3. The maximum atomic E-state index is 14.3. The van der Waals surface area contributed by atoms with Crippen LogP contribution in [0.1, 0.15) is 21.7 Å². The van der Waals surface area contributed by atoms with Crippen LogP contribution in [0.3, 0.4) is 0 Å². The number of hydrogen-bond donors (Lipinski definition) is 1. The molecule has 0 bridgehead atoms. The van der Waals surface area contributed by atoms with Crippen LogP contribution in [0.4, 0.5) is 17.6 Å². The lowest BCUT2D eigenvalue weighted by Gasteiger charge is -2.11. The van der Waals surface area contributed by atoms with Gasteiger partial charge in [0.15, 0.2) is 10.8 Å². The number of nitrogens with one attached hydrogen (secondary N) is 1. The van der Waals surface area contributed by atoms with E-state index in [-0.39, 0.29) is 17.7 Å². The van der Waals surface area contributed by atoms with Gasteiger partial charge >= 0.3 is 6.18 Å². The zero-order chi connectivity index (χ0) is 20.1. The first kappa shape index (κ1) is 18.4. The summed E-state index contributed by atoms with van der Waals surface area (Å²) in [7, 11) is 0. The molecule has 144 valence electrons. The molecule has 3 aromatic heterocycles. The summed E-state index contributed by atoms with van der Waals surface area (Å²) in [6.07, 6.45) is -1.84. The van der Waals surface area contributed by atoms with Crippen LogP contribution in [-0.4, -0.2) is 19.4 Å². The van der Waals surface area contributed by atoms with Crippen LogP contribution in [0.25, 0.3) is 16.5 Å². The quantitative estimate of drug-likeness (QED) is 0.517. The Bertz CT molecular complexity index is 1230. The van der Waals surface area contributed by atoms with Gasteiger partial charge in [0, 0.05) is 29.8 Å². The molecule has 0 aliphatic carbocycles. The van der Waals surface area contributed by atoms with Gasteiger partial charge in [0.2, 0.25) is 0 Å². The van der Waals surface area contributed by atoms with E-state index < -0.39 is 23.1 Å². The summed E-state index contributed by atoms with van der Waals surface area (Å²) < 4.78 is 54.4. The standard InChI is InChI=1S/C18H12F4N4OS/c1-9-15(16-23-5-6-24-16)26-13(27)8-11(25-17(26)28-9)7-10-3-2-4-12(14(10)19)18(20,21)22/h2-6,8H,7H2,1H3,(H,23,24). The highest BCUT2D eigenvalue weighted by atomic mass is 32.1. The minimum atomic E-state index is -4.79. The van der Waals surface area contributed by atoms with Gasteiger partial charge in [0.25, 0.3) is 5.56 Å². The highest BCUT2D eigenvalue weighted by molar-refractivity contribution is 7.17. The van der Waals surface area contributed by atoms with Gasteiger partial charge in [-0.25, -0.2) is 18.8 Å². The van der Waals surface area contributed by atoms with Gasteiger partial charge < -0.3 is 4.98 Å². The molecule has 0 atom stereocenters. The Labute approximate surface area is 159 Å². The number of aromatic amines is 1. The third kappa shape index (κ3) is 3.09. The Morgan fingerprint density at radius 3 is 2.75 bits per heavy atom. The number of nitrogens with zero attached hydrogens (tertiary/aromatic N) is 3. The number of aromatic nitrogens is 4. The lowest BCUT2D eigenvalue weighted by molar-refractivity contribution is -0.140. The molecule has 0 spiro atoms. The first-order chi connectivity index (χ1) is 13.3. The second-order valence-corrected chi connectivity index (χ2v) is 7.28. The van der Waals surface area contributed by atoms with Crippen molar-refractivity contribution < 1.29 is 17.6 Å². The Morgan fingerprint density at radius 2 is 2.07 bits per heavy atom. The largest absolute Gasteiger partial charge is 0.419 e. The molecule has 4 rings (SSSR count). The van der Waals surface area contributed by atoms with Crippen molar-refractivity contribution in [2.45, 2.75) is 19.5 Å². The van der Waals surface area contributed by atoms with Gasteiger partial charge in [-0.2, -0.15) is 13.2 Å². The van der Waals surface area contributed by atoms with Crippen molar-refractivity contribution in [3.63, 3.8) is 0 Å². The highest BCUT2D eigenvalue weighted by Crippen LogP contribution is 2.33. The topological polar surface area (TPSA) is 63.1 Å². The van der Waals surface area contributed by atoms with Gasteiger partial charge in [-0.05, 0) is 18.6 Å². The number of alkyl halides is 3. The fraction of sp³-hybridized carbons (Fsp3) is 0.167. The predicted octanol–water partition coefficient (Wildman–Crippen LogP) is 4.20. The van der Waals surface area contributed by atoms with E-state index in [1.807, 2.05) is 6.92 Å². The Kier molecular flexibility index (Phi) is 4.30. The Morgan fingerprint density at radius 1 is 1.29 bits per heavy atom. The van der Waals surface area contributed by atoms with Crippen molar-refractivity contribution in [1.29, 1.82) is 0 Å². The summed E-state index contributed by atoms with van der Waals surface area (Å²) in [4.78, 5) is 25.2. The van der Waals surface area contributed by atoms with E-state index in [9.17, 15) is 22.4 Å². The van der Waals surface area contributed by atoms with E-state index in [1.165, 1.54) is 27.9 Å². The lowest BCUT2D eigenvalue weighted by atomic mass is 10.0. The summed E-state index contributed by atoms with van der Waals surface area (Å²) in [6, 6.07) is 4.27. The van der Waals surface area contributed by atoms with Gasteiger partial charge in [-0.3, -0.25) is 4.79 Å². The molecule has 1 aromatic carbocycles. The van der Waals surface area contributed by atoms with Crippen LogP contribution in [0.15, 0.2) is 41.5 Å². The van der Waals surface area contributed by atoms with Crippen LogP contribution >= 0.6 is 11.3 Å². The maximum Gasteiger partial charge on any atom is 0.419 e. The third-order valence-corrected chi connectivity index (χ3v) is 5.18. The molecule has 10 heteroatoms. The Hall–Kier alpha value is -3.01. The van der Waals surface area contributed by atoms with E-state index in [1.54, 1.807) is 12.4 Å². The predicted molar refractivity (Wildman–Crippen MR) is 95.9 cm³/mol. The fourth-order valence-electron chi connectivity index (χ4n) is 3.01. The minimum absolute atomic E-state index is 0.175. The zero-order valence-corrected chi connectivity index (χ0v) is 15.2. The van der Waals surface area contributed by atoms with Crippen molar-refractivity contribution >= 4 is 16.3 Å². The summed E-state index contributed by atoms with van der Waals surface area (Å²) >= 11 is 1.25. The number of benzene rings is 1. The number of halogens is 4. The van der Waals surface area contributed by atoms with Crippen LogP contribution in [-0.2, 0) is 12.6 Å². The van der Waals surface area contributed by atoms with Gasteiger partial charge in [-0.15, -0.1) is 11.3 Å². The van der Waals surface area contributed by atoms with Gasteiger partial charge in [0.05, 0.1) is 11.3 Å². The zero-order valence-electron chi connectivity index (χ0n) is 14.3. The normalized spacial score (nSPS) is 12.0. The van der Waals surface area contributed by atoms with Gasteiger partial charge in [0.1, 0.15) is 11.5 Å². The molecule has 5 nitrogen and oxygen atoms in total. The van der Waals surface area contributed by atoms with Crippen LogP contribution in [0.5, 0.6) is 0 Å². The van der Waals surface area contributed by atoms with E-state index in [0.717, 1.165) is 10.9 Å². The highest BCUT2D eigenvalue weighted by Gasteiger charge is 2.34. The second kappa shape index (κ2) is 6.55. The van der Waals surface area contributed by atoms with E-state index in [4.69, 9.17) is 0 Å². The fourth-order valence-corrected chi connectivity index (χ4v) is 4.01. The van der Waals surface area contributed by atoms with Crippen molar-refractivity contribution in [1.82, 2.24) is 19.4 Å². The average molecular weight is 408 g/mol. The molecule has 0 fully saturated rings. The van der Waals surface area contributed by atoms with E-state index in [2.05, 4.69) is 15.0 Å². The number of fused-ring (bicyclic) bond motifs is 1. The number of hydrogen-bond acceptors (Lipinski definition) is 4. The van der Waals surface area contributed by atoms with Gasteiger partial charge in [-0.1, -0.05) is 12.1 Å². The smallest absolute Gasteiger partial charge is 0.343 e. The SMILES string of the molecule is Cc1sc2nc(Cc3cccc(C(F)(F)F)c3F)cc(=O)n2c1-c1ncc[nH]1. The summed E-state index contributed by atoms with van der Waals surface area (Å²) in [6.45, 7) is 1.81. The molecule has 0 aliphatic rings. The molecule has 4 aromatic rings. The van der Waals surface area contributed by atoms with Crippen LogP contribution in [0.2, 0.25) is 0 Å². The van der Waals surface area contributed by atoms with E-state index in [0.29, 0.717) is 22.5 Å². The molecule has 0 aliphatic heterocycles.